The van der Waals surface area contributed by atoms with E-state index >= 15 is 0 Å². The van der Waals surface area contributed by atoms with Crippen LogP contribution in [0.2, 0.25) is 0 Å². The first-order valence-electron chi connectivity index (χ1n) is 2.72. The van der Waals surface area contributed by atoms with Gasteiger partial charge in [0.25, 0.3) is 0 Å². The second kappa shape index (κ2) is 2.78. The highest BCUT2D eigenvalue weighted by Crippen LogP contribution is 2.31. The molecule has 2 nitrogen and oxygen atoms in total. The SMILES string of the molecule is NC(c1cncs1)C(F)(F)F. The summed E-state index contributed by atoms with van der Waals surface area (Å²) in [6.45, 7) is 0. The highest BCUT2D eigenvalue weighted by Gasteiger charge is 2.38. The van der Waals surface area contributed by atoms with Gasteiger partial charge in [0, 0.05) is 6.20 Å². The van der Waals surface area contributed by atoms with Gasteiger partial charge in [-0.05, 0) is 0 Å². The van der Waals surface area contributed by atoms with Crippen molar-refractivity contribution in [3.05, 3.63) is 16.6 Å². The molecule has 2 N–H and O–H groups in total. The molecule has 1 aromatic heterocycles. The third kappa shape index (κ3) is 1.90. The van der Waals surface area contributed by atoms with Gasteiger partial charge in [-0.2, -0.15) is 13.2 Å². The maximum Gasteiger partial charge on any atom is 0.408 e. The summed E-state index contributed by atoms with van der Waals surface area (Å²) in [5.74, 6) is 0. The lowest BCUT2D eigenvalue weighted by molar-refractivity contribution is -0.148. The molecule has 6 heteroatoms. The summed E-state index contributed by atoms with van der Waals surface area (Å²) < 4.78 is 35.6. The molecule has 0 amide bonds. The Morgan fingerprint density at radius 1 is 1.55 bits per heavy atom. The van der Waals surface area contributed by atoms with Crippen molar-refractivity contribution < 1.29 is 13.2 Å². The minimum absolute atomic E-state index is 0.0394. The Labute approximate surface area is 64.9 Å². The number of halogens is 3. The molecular formula is C5H5F3N2S. The smallest absolute Gasteiger partial charge is 0.316 e. The van der Waals surface area contributed by atoms with E-state index in [4.69, 9.17) is 5.73 Å². The monoisotopic (exact) mass is 182 g/mol. The lowest BCUT2D eigenvalue weighted by atomic mass is 10.3. The number of nitrogens with zero attached hydrogens (tertiary/aromatic N) is 1. The summed E-state index contributed by atoms with van der Waals surface area (Å²) in [7, 11) is 0. The van der Waals surface area contributed by atoms with E-state index in [2.05, 4.69) is 4.98 Å². The molecule has 0 spiro atoms. The van der Waals surface area contributed by atoms with Crippen molar-refractivity contribution in [1.82, 2.24) is 4.98 Å². The Morgan fingerprint density at radius 2 is 2.18 bits per heavy atom. The summed E-state index contributed by atoms with van der Waals surface area (Å²) in [5, 5.41) is 0. The standard InChI is InChI=1S/C5H5F3N2S/c6-5(7,8)4(9)3-1-10-2-11-3/h1-2,4H,9H2. The molecule has 0 fully saturated rings. The molecule has 1 rings (SSSR count). The molecule has 0 aliphatic carbocycles. The average Bonchev–Trinajstić information content (AvgIpc) is 2.34. The number of alkyl halides is 3. The number of aromatic nitrogens is 1. The third-order valence-corrected chi connectivity index (χ3v) is 1.97. The summed E-state index contributed by atoms with van der Waals surface area (Å²) in [6, 6.07) is -1.89. The zero-order valence-electron chi connectivity index (χ0n) is 5.30. The average molecular weight is 182 g/mol. The highest BCUT2D eigenvalue weighted by molar-refractivity contribution is 7.09. The molecule has 1 atom stereocenters. The lowest BCUT2D eigenvalue weighted by Crippen LogP contribution is -2.27. The van der Waals surface area contributed by atoms with Gasteiger partial charge in [0.15, 0.2) is 0 Å². The minimum atomic E-state index is -4.37. The van der Waals surface area contributed by atoms with Crippen LogP contribution in [-0.4, -0.2) is 11.2 Å². The van der Waals surface area contributed by atoms with Crippen LogP contribution in [0.1, 0.15) is 10.9 Å². The van der Waals surface area contributed by atoms with Gasteiger partial charge < -0.3 is 5.73 Å². The van der Waals surface area contributed by atoms with Crippen LogP contribution in [0.5, 0.6) is 0 Å². The highest BCUT2D eigenvalue weighted by atomic mass is 32.1. The Bertz CT molecular complexity index is 218. The molecule has 1 aromatic rings. The van der Waals surface area contributed by atoms with Crippen LogP contribution in [0.3, 0.4) is 0 Å². The Kier molecular flexibility index (Phi) is 2.15. The largest absolute Gasteiger partial charge is 0.408 e. The molecule has 0 aliphatic heterocycles. The zero-order valence-corrected chi connectivity index (χ0v) is 6.12. The number of thiazole rings is 1. The van der Waals surface area contributed by atoms with Gasteiger partial charge in [0.2, 0.25) is 0 Å². The first-order valence-corrected chi connectivity index (χ1v) is 3.60. The summed E-state index contributed by atoms with van der Waals surface area (Å²) >= 11 is 0.902. The fraction of sp³-hybridized carbons (Fsp3) is 0.400. The quantitative estimate of drug-likeness (QED) is 0.718. The molecular weight excluding hydrogens is 177 g/mol. The van der Waals surface area contributed by atoms with Crippen molar-refractivity contribution in [3.8, 4) is 0 Å². The van der Waals surface area contributed by atoms with E-state index in [1.54, 1.807) is 0 Å². The Morgan fingerprint density at radius 3 is 2.55 bits per heavy atom. The van der Waals surface area contributed by atoms with E-state index in [1.165, 1.54) is 5.51 Å². The summed E-state index contributed by atoms with van der Waals surface area (Å²) in [6.07, 6.45) is -3.24. The van der Waals surface area contributed by atoms with Crippen LogP contribution in [-0.2, 0) is 0 Å². The topological polar surface area (TPSA) is 38.9 Å². The van der Waals surface area contributed by atoms with Crippen LogP contribution in [0, 0.1) is 0 Å². The van der Waals surface area contributed by atoms with Crippen LogP contribution < -0.4 is 5.73 Å². The Hall–Kier alpha value is -0.620. The third-order valence-electron chi connectivity index (χ3n) is 1.11. The van der Waals surface area contributed by atoms with Gasteiger partial charge in [-0.1, -0.05) is 0 Å². The maximum atomic E-state index is 11.9. The summed E-state index contributed by atoms with van der Waals surface area (Å²) in [4.78, 5) is 3.53. The van der Waals surface area contributed by atoms with E-state index in [9.17, 15) is 13.2 Å². The van der Waals surface area contributed by atoms with Crippen LogP contribution in [0.4, 0.5) is 13.2 Å². The molecule has 0 saturated carbocycles. The molecule has 0 aromatic carbocycles. The summed E-state index contributed by atoms with van der Waals surface area (Å²) in [5.41, 5.74) is 6.18. The van der Waals surface area contributed by atoms with Gasteiger partial charge in [-0.15, -0.1) is 11.3 Å². The molecule has 62 valence electrons. The molecule has 1 heterocycles. The normalized spacial score (nSPS) is 14.9. The molecule has 1 unspecified atom stereocenters. The number of rotatable bonds is 1. The molecule has 0 saturated heterocycles. The van der Waals surface area contributed by atoms with Crippen molar-refractivity contribution >= 4 is 11.3 Å². The van der Waals surface area contributed by atoms with E-state index in [1.807, 2.05) is 0 Å². The van der Waals surface area contributed by atoms with Gasteiger partial charge in [0.05, 0.1) is 10.4 Å². The molecule has 0 aliphatic rings. The molecule has 0 radical (unpaired) electrons. The molecule has 11 heavy (non-hydrogen) atoms. The van der Waals surface area contributed by atoms with Gasteiger partial charge in [0.1, 0.15) is 6.04 Å². The predicted molar refractivity (Wildman–Crippen MR) is 35.1 cm³/mol. The lowest BCUT2D eigenvalue weighted by Gasteiger charge is -2.12. The zero-order chi connectivity index (χ0) is 8.48. The van der Waals surface area contributed by atoms with Gasteiger partial charge in [-0.3, -0.25) is 4.98 Å². The van der Waals surface area contributed by atoms with Crippen molar-refractivity contribution in [1.29, 1.82) is 0 Å². The minimum Gasteiger partial charge on any atom is -0.316 e. The second-order valence-electron chi connectivity index (χ2n) is 1.92. The van der Waals surface area contributed by atoms with E-state index in [0.717, 1.165) is 17.5 Å². The van der Waals surface area contributed by atoms with Crippen molar-refractivity contribution in [2.24, 2.45) is 5.73 Å². The van der Waals surface area contributed by atoms with E-state index < -0.39 is 12.2 Å². The first-order chi connectivity index (χ1) is 5.02. The number of nitrogens with two attached hydrogens (primary N) is 1. The van der Waals surface area contributed by atoms with Crippen LogP contribution in [0.15, 0.2) is 11.7 Å². The second-order valence-corrected chi connectivity index (χ2v) is 2.84. The van der Waals surface area contributed by atoms with E-state index in [-0.39, 0.29) is 4.88 Å². The van der Waals surface area contributed by atoms with E-state index in [0.29, 0.717) is 0 Å². The van der Waals surface area contributed by atoms with Crippen LogP contribution in [0.25, 0.3) is 0 Å². The first kappa shape index (κ1) is 8.48. The number of hydrogen-bond acceptors (Lipinski definition) is 3. The number of hydrogen-bond donors (Lipinski definition) is 1. The maximum absolute atomic E-state index is 11.9. The van der Waals surface area contributed by atoms with Gasteiger partial charge in [-0.25, -0.2) is 0 Å². The fourth-order valence-electron chi connectivity index (χ4n) is 0.541. The van der Waals surface area contributed by atoms with Crippen LogP contribution >= 0.6 is 11.3 Å². The van der Waals surface area contributed by atoms with Crippen molar-refractivity contribution in [2.75, 3.05) is 0 Å². The van der Waals surface area contributed by atoms with Gasteiger partial charge >= 0.3 is 6.18 Å². The fourth-order valence-corrected chi connectivity index (χ4v) is 1.19. The van der Waals surface area contributed by atoms with Crippen molar-refractivity contribution in [3.63, 3.8) is 0 Å². The molecule has 0 bridgehead atoms. The predicted octanol–water partition coefficient (Wildman–Crippen LogP) is 1.71. The van der Waals surface area contributed by atoms with Crippen molar-refractivity contribution in [2.45, 2.75) is 12.2 Å². The Balaban J connectivity index is 2.78.